The van der Waals surface area contributed by atoms with E-state index in [2.05, 4.69) is 4.74 Å². The van der Waals surface area contributed by atoms with E-state index < -0.39 is 25.1 Å². The summed E-state index contributed by atoms with van der Waals surface area (Å²) in [7, 11) is 0. The molecule has 1 unspecified atom stereocenters. The number of aliphatic carboxylic acids is 1. The minimum Gasteiger partial charge on any atom is -0.480 e. The van der Waals surface area contributed by atoms with Gasteiger partial charge in [0.25, 0.3) is 0 Å². The summed E-state index contributed by atoms with van der Waals surface area (Å²) in [5.41, 5.74) is 5.03. The molecule has 0 saturated heterocycles. The number of aliphatic hydroxyl groups is 2. The Morgan fingerprint density at radius 1 is 1.64 bits per heavy atom. The average molecular weight is 165 g/mol. The largest absolute Gasteiger partial charge is 0.480 e. The quantitative estimate of drug-likeness (QED) is 0.353. The molecule has 0 aliphatic heterocycles. The molecule has 0 fully saturated rings. The van der Waals surface area contributed by atoms with E-state index in [1.54, 1.807) is 0 Å². The number of carboxylic acids is 1. The van der Waals surface area contributed by atoms with E-state index in [0.29, 0.717) is 0 Å². The van der Waals surface area contributed by atoms with Gasteiger partial charge in [0, 0.05) is 6.42 Å². The minimum absolute atomic E-state index is 0.240. The Labute approximate surface area is 63.2 Å². The maximum atomic E-state index is 10.1. The highest BCUT2D eigenvalue weighted by Gasteiger charge is 2.16. The summed E-state index contributed by atoms with van der Waals surface area (Å²) < 4.78 is 4.23. The number of carboxylic acid groups (broad SMARTS) is 1. The Hall–Kier alpha value is -0.690. The van der Waals surface area contributed by atoms with Gasteiger partial charge in [0.2, 0.25) is 0 Å². The smallest absolute Gasteiger partial charge is 0.320 e. The van der Waals surface area contributed by atoms with Gasteiger partial charge in [-0.1, -0.05) is 0 Å². The van der Waals surface area contributed by atoms with Gasteiger partial charge in [0.15, 0.2) is 6.29 Å². The zero-order valence-corrected chi connectivity index (χ0v) is 5.80. The first-order valence-corrected chi connectivity index (χ1v) is 2.97. The van der Waals surface area contributed by atoms with E-state index >= 15 is 0 Å². The summed E-state index contributed by atoms with van der Waals surface area (Å²) in [4.78, 5) is 10.1. The number of hydrogen-bond donors (Lipinski definition) is 4. The molecule has 2 atom stereocenters. The first-order valence-electron chi connectivity index (χ1n) is 2.97. The van der Waals surface area contributed by atoms with Crippen molar-refractivity contribution in [2.24, 2.45) is 5.73 Å². The summed E-state index contributed by atoms with van der Waals surface area (Å²) in [6, 6.07) is -1.17. The second-order valence-corrected chi connectivity index (χ2v) is 1.93. The van der Waals surface area contributed by atoms with Crippen LogP contribution in [0.5, 0.6) is 0 Å². The van der Waals surface area contributed by atoms with E-state index in [1.165, 1.54) is 0 Å². The van der Waals surface area contributed by atoms with Gasteiger partial charge in [-0.2, -0.15) is 0 Å². The molecule has 0 saturated carbocycles. The summed E-state index contributed by atoms with van der Waals surface area (Å²) in [5, 5.41) is 25.1. The van der Waals surface area contributed by atoms with Crippen LogP contribution in [-0.4, -0.2) is 40.4 Å². The number of rotatable bonds is 5. The van der Waals surface area contributed by atoms with E-state index in [4.69, 9.17) is 21.1 Å². The molecule has 0 aliphatic rings. The van der Waals surface area contributed by atoms with Gasteiger partial charge in [-0.15, -0.1) is 0 Å². The highest BCUT2D eigenvalue weighted by atomic mass is 16.7. The molecule has 6 heteroatoms. The van der Waals surface area contributed by atoms with Crippen LogP contribution in [0.2, 0.25) is 0 Å². The van der Waals surface area contributed by atoms with Gasteiger partial charge in [0.1, 0.15) is 12.8 Å². The number of carbonyl (C=O) groups is 1. The molecule has 0 rings (SSSR count). The summed E-state index contributed by atoms with van der Waals surface area (Å²) in [6.07, 6.45) is -1.57. The summed E-state index contributed by atoms with van der Waals surface area (Å²) >= 11 is 0. The molecule has 0 aromatic rings. The number of hydrogen-bond acceptors (Lipinski definition) is 5. The van der Waals surface area contributed by atoms with Crippen LogP contribution in [0.1, 0.15) is 6.42 Å². The fraction of sp³-hybridized carbons (Fsp3) is 0.800. The van der Waals surface area contributed by atoms with E-state index in [1.807, 2.05) is 0 Å². The van der Waals surface area contributed by atoms with Crippen LogP contribution in [0, 0.1) is 0 Å². The van der Waals surface area contributed by atoms with Crippen LogP contribution >= 0.6 is 0 Å². The Kier molecular flexibility index (Phi) is 4.71. The Morgan fingerprint density at radius 3 is 2.55 bits per heavy atom. The van der Waals surface area contributed by atoms with Crippen molar-refractivity contribution in [3.8, 4) is 0 Å². The summed E-state index contributed by atoms with van der Waals surface area (Å²) in [5.74, 6) is -1.22. The maximum absolute atomic E-state index is 10.1. The van der Waals surface area contributed by atoms with Crippen molar-refractivity contribution in [1.29, 1.82) is 0 Å². The van der Waals surface area contributed by atoms with E-state index in [9.17, 15) is 4.79 Å². The Bertz CT molecular complexity index is 128. The highest BCUT2D eigenvalue weighted by molar-refractivity contribution is 5.72. The minimum atomic E-state index is -1.33. The topological polar surface area (TPSA) is 113 Å². The van der Waals surface area contributed by atoms with Crippen molar-refractivity contribution < 1.29 is 24.9 Å². The maximum Gasteiger partial charge on any atom is 0.320 e. The zero-order chi connectivity index (χ0) is 8.85. The molecule has 5 N–H and O–H groups in total. The lowest BCUT2D eigenvalue weighted by Gasteiger charge is -2.11. The third-order valence-corrected chi connectivity index (χ3v) is 1.04. The number of ether oxygens (including phenoxy) is 1. The van der Waals surface area contributed by atoms with Crippen LogP contribution in [-0.2, 0) is 9.53 Å². The molecule has 0 spiro atoms. The monoisotopic (exact) mass is 165 g/mol. The molecular weight excluding hydrogens is 154 g/mol. The molecular formula is C5H11NO5. The Balaban J connectivity index is 3.56. The Morgan fingerprint density at radius 2 is 2.18 bits per heavy atom. The average Bonchev–Trinajstić information content (AvgIpc) is 1.87. The van der Waals surface area contributed by atoms with Crippen molar-refractivity contribution in [2.75, 3.05) is 6.79 Å². The van der Waals surface area contributed by atoms with Gasteiger partial charge in [-0.25, -0.2) is 0 Å². The van der Waals surface area contributed by atoms with Crippen LogP contribution in [0.15, 0.2) is 0 Å². The van der Waals surface area contributed by atoms with Crippen molar-refractivity contribution in [3.05, 3.63) is 0 Å². The lowest BCUT2D eigenvalue weighted by molar-refractivity contribution is -0.162. The standard InChI is InChI=1S/C5H11NO5/c6-3(5(9)10)1-4(8)11-2-7/h3-4,7-8H,1-2,6H2,(H,9,10)/t3-,4?/m1/s1. The zero-order valence-electron chi connectivity index (χ0n) is 5.80. The lowest BCUT2D eigenvalue weighted by Crippen LogP contribution is -2.34. The normalized spacial score (nSPS) is 15.9. The number of nitrogens with two attached hydrogens (primary N) is 1. The van der Waals surface area contributed by atoms with E-state index in [0.717, 1.165) is 0 Å². The molecule has 0 radical (unpaired) electrons. The molecule has 0 bridgehead atoms. The second kappa shape index (κ2) is 5.03. The number of aliphatic hydroxyl groups excluding tert-OH is 2. The van der Waals surface area contributed by atoms with Crippen LogP contribution in [0.25, 0.3) is 0 Å². The third kappa shape index (κ3) is 4.68. The fourth-order valence-corrected chi connectivity index (χ4v) is 0.472. The molecule has 0 aliphatic carbocycles. The fourth-order valence-electron chi connectivity index (χ4n) is 0.472. The highest BCUT2D eigenvalue weighted by Crippen LogP contribution is 1.96. The van der Waals surface area contributed by atoms with Crippen LogP contribution in [0.4, 0.5) is 0 Å². The molecule has 0 heterocycles. The van der Waals surface area contributed by atoms with Crippen LogP contribution in [0.3, 0.4) is 0 Å². The predicted molar refractivity (Wildman–Crippen MR) is 34.4 cm³/mol. The van der Waals surface area contributed by atoms with Crippen molar-refractivity contribution in [1.82, 2.24) is 0 Å². The molecule has 0 amide bonds. The molecule has 0 aromatic heterocycles. The van der Waals surface area contributed by atoms with Crippen LogP contribution < -0.4 is 5.73 Å². The first-order chi connectivity index (χ1) is 5.07. The second-order valence-electron chi connectivity index (χ2n) is 1.93. The van der Waals surface area contributed by atoms with Gasteiger partial charge in [-0.05, 0) is 0 Å². The predicted octanol–water partition coefficient (Wildman–Crippen LogP) is -1.93. The van der Waals surface area contributed by atoms with Crippen molar-refractivity contribution in [3.63, 3.8) is 0 Å². The molecule has 0 aromatic carbocycles. The van der Waals surface area contributed by atoms with Crippen molar-refractivity contribution >= 4 is 5.97 Å². The van der Waals surface area contributed by atoms with Gasteiger partial charge < -0.3 is 25.8 Å². The SMILES string of the molecule is N[C@H](CC(O)OCO)C(=O)O. The molecule has 66 valence electrons. The first kappa shape index (κ1) is 10.3. The van der Waals surface area contributed by atoms with E-state index in [-0.39, 0.29) is 6.42 Å². The van der Waals surface area contributed by atoms with Gasteiger partial charge in [0.05, 0.1) is 0 Å². The molecule has 6 nitrogen and oxygen atoms in total. The lowest BCUT2D eigenvalue weighted by atomic mass is 10.2. The van der Waals surface area contributed by atoms with Gasteiger partial charge >= 0.3 is 5.97 Å². The molecule has 11 heavy (non-hydrogen) atoms. The third-order valence-electron chi connectivity index (χ3n) is 1.04. The van der Waals surface area contributed by atoms with Crippen molar-refractivity contribution in [2.45, 2.75) is 18.8 Å². The summed E-state index contributed by atoms with van der Waals surface area (Å²) in [6.45, 7) is -0.659. The van der Waals surface area contributed by atoms with Gasteiger partial charge in [-0.3, -0.25) is 4.79 Å².